The second-order valence-corrected chi connectivity index (χ2v) is 3.45. The molecule has 6 heteroatoms. The summed E-state index contributed by atoms with van der Waals surface area (Å²) in [5.74, 6) is -2.20. The lowest BCUT2D eigenvalue weighted by molar-refractivity contribution is -0.0690. The summed E-state index contributed by atoms with van der Waals surface area (Å²) in [6, 6.07) is 3.53. The first-order valence-electron chi connectivity index (χ1n) is 4.54. The number of aromatic nitrogens is 1. The van der Waals surface area contributed by atoms with Gasteiger partial charge in [-0.05, 0) is 12.1 Å². The summed E-state index contributed by atoms with van der Waals surface area (Å²) in [6.45, 7) is 2.76. The molecule has 1 aromatic carbocycles. The van der Waals surface area contributed by atoms with Crippen LogP contribution in [0.2, 0.25) is 0 Å². The van der Waals surface area contributed by atoms with Crippen molar-refractivity contribution >= 4 is 16.5 Å². The van der Waals surface area contributed by atoms with Gasteiger partial charge in [0.25, 0.3) is 0 Å². The van der Waals surface area contributed by atoms with Crippen LogP contribution in [0.3, 0.4) is 0 Å². The number of hydrogen-bond donors (Lipinski definition) is 1. The molecule has 0 bridgehead atoms. The van der Waals surface area contributed by atoms with Crippen LogP contribution in [0.25, 0.3) is 16.5 Å². The predicted octanol–water partition coefficient (Wildman–Crippen LogP) is 4.02. The molecule has 0 atom stereocenters. The third-order valence-corrected chi connectivity index (χ3v) is 2.36. The van der Waals surface area contributed by atoms with Gasteiger partial charge in [-0.25, -0.2) is 8.78 Å². The van der Waals surface area contributed by atoms with Gasteiger partial charge >= 0.3 is 6.18 Å². The van der Waals surface area contributed by atoms with Gasteiger partial charge in [-0.1, -0.05) is 12.6 Å². The van der Waals surface area contributed by atoms with E-state index in [0.717, 1.165) is 6.07 Å². The highest BCUT2D eigenvalue weighted by Gasteiger charge is 2.36. The van der Waals surface area contributed by atoms with E-state index in [0.29, 0.717) is 0 Å². The number of aromatic amines is 1. The molecular formula is C11H6F5N. The Morgan fingerprint density at radius 2 is 1.82 bits per heavy atom. The largest absolute Gasteiger partial charge is 0.417 e. The normalized spacial score (nSPS) is 12.1. The second-order valence-electron chi connectivity index (χ2n) is 3.45. The summed E-state index contributed by atoms with van der Waals surface area (Å²) in [5, 5.41) is -0.493. The smallest absolute Gasteiger partial charge is 0.352 e. The van der Waals surface area contributed by atoms with Crippen molar-refractivity contribution in [2.24, 2.45) is 0 Å². The molecule has 0 saturated heterocycles. The number of benzene rings is 1. The lowest BCUT2D eigenvalue weighted by atomic mass is 10.2. The van der Waals surface area contributed by atoms with Gasteiger partial charge in [-0.3, -0.25) is 0 Å². The van der Waals surface area contributed by atoms with Gasteiger partial charge in [-0.2, -0.15) is 13.2 Å². The highest BCUT2D eigenvalue weighted by molar-refractivity contribution is 5.86. The third kappa shape index (κ3) is 1.79. The van der Waals surface area contributed by atoms with Gasteiger partial charge in [0.15, 0.2) is 5.82 Å². The zero-order chi connectivity index (χ0) is 12.8. The zero-order valence-electron chi connectivity index (χ0n) is 8.33. The summed E-state index contributed by atoms with van der Waals surface area (Å²) >= 11 is 0. The number of rotatable bonds is 1. The molecule has 0 spiro atoms. The minimum Gasteiger partial charge on any atom is -0.352 e. The van der Waals surface area contributed by atoms with Crippen molar-refractivity contribution in [2.75, 3.05) is 0 Å². The number of hydrogen-bond acceptors (Lipinski definition) is 0. The zero-order valence-corrected chi connectivity index (χ0v) is 8.33. The molecule has 0 aliphatic rings. The van der Waals surface area contributed by atoms with Crippen LogP contribution in [-0.4, -0.2) is 11.2 Å². The van der Waals surface area contributed by atoms with E-state index in [9.17, 15) is 22.0 Å². The quantitative estimate of drug-likeness (QED) is 0.732. The van der Waals surface area contributed by atoms with Gasteiger partial charge in [0.2, 0.25) is 0 Å². The van der Waals surface area contributed by atoms with E-state index in [4.69, 9.17) is 0 Å². The summed E-state index contributed by atoms with van der Waals surface area (Å²) in [4.78, 5) is 2.18. The number of nitrogens with one attached hydrogen (secondary N) is 1. The molecule has 0 aliphatic heterocycles. The highest BCUT2D eigenvalue weighted by Crippen LogP contribution is 2.35. The minimum atomic E-state index is -4.77. The lowest BCUT2D eigenvalue weighted by Gasteiger charge is -2.07. The average Bonchev–Trinajstić information content (AvgIpc) is 2.55. The SMILES string of the molecule is C=C(c1[nH]c2cccc(F)c2c1F)C(F)(F)F. The Morgan fingerprint density at radius 1 is 1.18 bits per heavy atom. The molecule has 0 unspecified atom stereocenters. The summed E-state index contributed by atoms with van der Waals surface area (Å²) in [6.07, 6.45) is -4.77. The molecule has 0 fully saturated rings. The first-order valence-corrected chi connectivity index (χ1v) is 4.54. The lowest BCUT2D eigenvalue weighted by Crippen LogP contribution is -2.10. The van der Waals surface area contributed by atoms with Crippen molar-refractivity contribution in [1.29, 1.82) is 0 Å². The van der Waals surface area contributed by atoms with Crippen molar-refractivity contribution in [1.82, 2.24) is 4.98 Å². The number of alkyl halides is 3. The standard InChI is InChI=1S/C11H6F5N/c1-5(11(14,15)16)10-9(13)8-6(12)3-2-4-7(8)17-10/h2-4,17H,1H2. The van der Waals surface area contributed by atoms with E-state index >= 15 is 0 Å². The summed E-state index contributed by atoms with van der Waals surface area (Å²) in [5.41, 5.74) is -2.24. The molecular weight excluding hydrogens is 241 g/mol. The van der Waals surface area contributed by atoms with E-state index in [1.165, 1.54) is 12.1 Å². The molecule has 0 saturated carbocycles. The first-order chi connectivity index (χ1) is 7.82. The van der Waals surface area contributed by atoms with Gasteiger partial charge in [0.1, 0.15) is 5.82 Å². The van der Waals surface area contributed by atoms with Crippen molar-refractivity contribution in [2.45, 2.75) is 6.18 Å². The van der Waals surface area contributed by atoms with Gasteiger partial charge in [0, 0.05) is 0 Å². The van der Waals surface area contributed by atoms with E-state index in [2.05, 4.69) is 11.6 Å². The minimum absolute atomic E-state index is 0.0390. The molecule has 2 aromatic rings. The van der Waals surface area contributed by atoms with Crippen LogP contribution in [0.1, 0.15) is 5.69 Å². The van der Waals surface area contributed by atoms with Crippen molar-refractivity contribution in [3.63, 3.8) is 0 Å². The van der Waals surface area contributed by atoms with E-state index < -0.39 is 34.5 Å². The molecule has 1 nitrogen and oxygen atoms in total. The van der Waals surface area contributed by atoms with Gasteiger partial charge in [0.05, 0.1) is 22.2 Å². The van der Waals surface area contributed by atoms with Crippen molar-refractivity contribution in [3.8, 4) is 0 Å². The maximum atomic E-state index is 13.6. The maximum Gasteiger partial charge on any atom is 0.417 e. The second kappa shape index (κ2) is 3.58. The van der Waals surface area contributed by atoms with Crippen LogP contribution in [-0.2, 0) is 0 Å². The number of H-pyrrole nitrogens is 1. The molecule has 1 heterocycles. The average molecular weight is 247 g/mol. The number of allylic oxidation sites excluding steroid dienone is 1. The Bertz CT molecular complexity index is 594. The molecule has 17 heavy (non-hydrogen) atoms. The van der Waals surface area contributed by atoms with Gasteiger partial charge in [-0.15, -0.1) is 0 Å². The van der Waals surface area contributed by atoms with Crippen LogP contribution < -0.4 is 0 Å². The summed E-state index contributed by atoms with van der Waals surface area (Å²) in [7, 11) is 0. The highest BCUT2D eigenvalue weighted by atomic mass is 19.4. The van der Waals surface area contributed by atoms with Crippen LogP contribution in [0.4, 0.5) is 22.0 Å². The molecule has 90 valence electrons. The Hall–Kier alpha value is -1.85. The molecule has 1 N–H and O–H groups in total. The van der Waals surface area contributed by atoms with E-state index in [1.54, 1.807) is 0 Å². The molecule has 0 aliphatic carbocycles. The Kier molecular flexibility index (Phi) is 2.45. The molecule has 0 amide bonds. The fraction of sp³-hybridized carbons (Fsp3) is 0.0909. The van der Waals surface area contributed by atoms with Crippen LogP contribution in [0.5, 0.6) is 0 Å². The van der Waals surface area contributed by atoms with Crippen molar-refractivity contribution < 1.29 is 22.0 Å². The van der Waals surface area contributed by atoms with E-state index in [1.807, 2.05) is 0 Å². The van der Waals surface area contributed by atoms with E-state index in [-0.39, 0.29) is 5.52 Å². The summed E-state index contributed by atoms with van der Waals surface area (Å²) < 4.78 is 64.0. The number of halogens is 5. The monoisotopic (exact) mass is 247 g/mol. The fourth-order valence-corrected chi connectivity index (χ4v) is 1.52. The van der Waals surface area contributed by atoms with Crippen LogP contribution in [0, 0.1) is 11.6 Å². The first kappa shape index (κ1) is 11.6. The van der Waals surface area contributed by atoms with Crippen LogP contribution >= 0.6 is 0 Å². The Labute approximate surface area is 92.6 Å². The Balaban J connectivity index is 2.69. The predicted molar refractivity (Wildman–Crippen MR) is 53.3 cm³/mol. The fourth-order valence-electron chi connectivity index (χ4n) is 1.52. The third-order valence-electron chi connectivity index (χ3n) is 2.36. The number of fused-ring (bicyclic) bond motifs is 1. The molecule has 2 rings (SSSR count). The molecule has 0 radical (unpaired) electrons. The molecule has 1 aromatic heterocycles. The topological polar surface area (TPSA) is 15.8 Å². The van der Waals surface area contributed by atoms with Crippen molar-refractivity contribution in [3.05, 3.63) is 42.1 Å². The van der Waals surface area contributed by atoms with Gasteiger partial charge < -0.3 is 4.98 Å². The Morgan fingerprint density at radius 3 is 2.35 bits per heavy atom. The van der Waals surface area contributed by atoms with Crippen LogP contribution in [0.15, 0.2) is 24.8 Å². The maximum absolute atomic E-state index is 13.6.